The summed E-state index contributed by atoms with van der Waals surface area (Å²) in [6.07, 6.45) is 0. The van der Waals surface area contributed by atoms with E-state index in [4.69, 9.17) is 0 Å². The van der Waals surface area contributed by atoms with E-state index in [2.05, 4.69) is 11.4 Å². The van der Waals surface area contributed by atoms with Crippen LogP contribution < -0.4 is 0 Å². The highest BCUT2D eigenvalue weighted by atomic mass is 32.1. The second-order valence-electron chi connectivity index (χ2n) is 3.28. The smallest absolute Gasteiger partial charge is 0.176 e. The topological polar surface area (TPSA) is 21.5 Å². The Morgan fingerprint density at radius 3 is 2.77 bits per heavy atom. The highest BCUT2D eigenvalue weighted by Crippen LogP contribution is 2.23. The molecule has 0 amide bonds. The van der Waals surface area contributed by atoms with Crippen molar-refractivity contribution in [1.29, 1.82) is 0 Å². The number of aromatic nitrogens is 1. The third-order valence-electron chi connectivity index (χ3n) is 2.19. The fourth-order valence-electron chi connectivity index (χ4n) is 1.68. The summed E-state index contributed by atoms with van der Waals surface area (Å²) in [5, 5.41) is 2.07. The van der Waals surface area contributed by atoms with Gasteiger partial charge in [0.2, 0.25) is 0 Å². The van der Waals surface area contributed by atoms with Crippen molar-refractivity contribution in [3.05, 3.63) is 28.4 Å². The second kappa shape index (κ2) is 2.70. The molecule has 0 unspecified atom stereocenters. The number of rotatable bonds is 1. The van der Waals surface area contributed by atoms with Crippen molar-refractivity contribution in [2.24, 2.45) is 0 Å². The molecule has 0 aliphatic heterocycles. The van der Waals surface area contributed by atoms with Crippen molar-refractivity contribution < 1.29 is 4.79 Å². The third kappa shape index (κ3) is 1.11. The van der Waals surface area contributed by atoms with Crippen LogP contribution in [0.1, 0.15) is 28.7 Å². The fraction of sp³-hybridized carbons (Fsp3) is 0.300. The summed E-state index contributed by atoms with van der Waals surface area (Å²) in [5.41, 5.74) is 3.04. The van der Waals surface area contributed by atoms with Crippen LogP contribution in [0.25, 0.3) is 4.83 Å². The molecule has 2 aromatic heterocycles. The lowest BCUT2D eigenvalue weighted by Gasteiger charge is -1.98. The van der Waals surface area contributed by atoms with Gasteiger partial charge < -0.3 is 4.40 Å². The number of hydrogen-bond donors (Lipinski definition) is 0. The van der Waals surface area contributed by atoms with E-state index in [1.807, 2.05) is 18.2 Å². The third-order valence-corrected chi connectivity index (χ3v) is 3.19. The molecule has 0 spiro atoms. The van der Waals surface area contributed by atoms with Gasteiger partial charge in [-0.05, 0) is 25.5 Å². The summed E-state index contributed by atoms with van der Waals surface area (Å²) < 4.78 is 2.03. The Morgan fingerprint density at radius 2 is 2.15 bits per heavy atom. The van der Waals surface area contributed by atoms with Crippen molar-refractivity contribution in [2.75, 3.05) is 0 Å². The zero-order chi connectivity index (χ0) is 9.59. The molecular weight excluding hydrogens is 182 g/mol. The average molecular weight is 193 g/mol. The summed E-state index contributed by atoms with van der Waals surface area (Å²) in [6, 6.07) is 2.06. The second-order valence-corrected chi connectivity index (χ2v) is 4.17. The maximum Gasteiger partial charge on any atom is 0.176 e. The van der Waals surface area contributed by atoms with Gasteiger partial charge in [0, 0.05) is 18.0 Å². The lowest BCUT2D eigenvalue weighted by Crippen LogP contribution is -2.00. The average Bonchev–Trinajstić information content (AvgIpc) is 2.51. The van der Waals surface area contributed by atoms with Gasteiger partial charge in [0.25, 0.3) is 0 Å². The maximum atomic E-state index is 11.4. The quantitative estimate of drug-likeness (QED) is 0.638. The Kier molecular flexibility index (Phi) is 1.77. The molecule has 2 heterocycles. The highest BCUT2D eigenvalue weighted by molar-refractivity contribution is 7.15. The van der Waals surface area contributed by atoms with Gasteiger partial charge in [-0.15, -0.1) is 11.3 Å². The van der Waals surface area contributed by atoms with Gasteiger partial charge in [-0.2, -0.15) is 0 Å². The van der Waals surface area contributed by atoms with E-state index in [1.54, 1.807) is 18.3 Å². The number of carbonyl (C=O) groups is 1. The van der Waals surface area contributed by atoms with Crippen LogP contribution in [-0.4, -0.2) is 10.2 Å². The van der Waals surface area contributed by atoms with Crippen molar-refractivity contribution in [3.63, 3.8) is 0 Å². The lowest BCUT2D eigenvalue weighted by molar-refractivity contribution is 0.101. The predicted molar refractivity (Wildman–Crippen MR) is 54.8 cm³/mol. The first-order valence-corrected chi connectivity index (χ1v) is 5.06. The normalized spacial score (nSPS) is 11.0. The predicted octanol–water partition coefficient (Wildman–Crippen LogP) is 2.82. The number of nitrogens with zero attached hydrogens (tertiary/aromatic N) is 1. The molecule has 2 rings (SSSR count). The summed E-state index contributed by atoms with van der Waals surface area (Å²) in [5.74, 6) is 0.138. The van der Waals surface area contributed by atoms with E-state index < -0.39 is 0 Å². The van der Waals surface area contributed by atoms with Crippen LogP contribution in [0, 0.1) is 13.8 Å². The van der Waals surface area contributed by atoms with Gasteiger partial charge in [-0.1, -0.05) is 0 Å². The first kappa shape index (κ1) is 8.51. The van der Waals surface area contributed by atoms with Crippen LogP contribution in [0.15, 0.2) is 11.4 Å². The molecule has 0 saturated carbocycles. The van der Waals surface area contributed by atoms with E-state index in [9.17, 15) is 4.79 Å². The molecule has 0 fully saturated rings. The van der Waals surface area contributed by atoms with Gasteiger partial charge in [-0.25, -0.2) is 0 Å². The van der Waals surface area contributed by atoms with Crippen LogP contribution in [-0.2, 0) is 0 Å². The molecular formula is C10H11NOS. The molecule has 3 heteroatoms. The largest absolute Gasteiger partial charge is 0.301 e. The number of ketones is 1. The van der Waals surface area contributed by atoms with Crippen LogP contribution >= 0.6 is 11.3 Å². The molecule has 0 N–H and O–H groups in total. The van der Waals surface area contributed by atoms with Gasteiger partial charge in [-0.3, -0.25) is 4.79 Å². The Hall–Kier alpha value is -1.09. The summed E-state index contributed by atoms with van der Waals surface area (Å²) in [7, 11) is 0. The number of fused-ring (bicyclic) bond motifs is 1. The number of aryl methyl sites for hydroxylation is 2. The fourth-order valence-corrected chi connectivity index (χ4v) is 2.66. The molecule has 0 saturated heterocycles. The van der Waals surface area contributed by atoms with Crippen LogP contribution in [0.2, 0.25) is 0 Å². The first-order chi connectivity index (χ1) is 6.11. The number of carbonyl (C=O) groups excluding carboxylic acids is 1. The number of Topliss-reactive ketones (excluding diaryl/α,β-unsaturated/α-hetero) is 1. The Balaban J connectivity index is 2.90. The van der Waals surface area contributed by atoms with Gasteiger partial charge >= 0.3 is 0 Å². The molecule has 68 valence electrons. The monoisotopic (exact) mass is 193 g/mol. The van der Waals surface area contributed by atoms with E-state index in [-0.39, 0.29) is 5.78 Å². The van der Waals surface area contributed by atoms with Crippen molar-refractivity contribution >= 4 is 22.0 Å². The summed E-state index contributed by atoms with van der Waals surface area (Å²) in [4.78, 5) is 12.5. The van der Waals surface area contributed by atoms with E-state index in [0.717, 1.165) is 21.8 Å². The molecule has 0 aromatic carbocycles. The number of thiazole rings is 1. The van der Waals surface area contributed by atoms with Gasteiger partial charge in [0.05, 0.1) is 5.69 Å². The molecule has 0 aliphatic carbocycles. The summed E-state index contributed by atoms with van der Waals surface area (Å²) >= 11 is 1.68. The van der Waals surface area contributed by atoms with Crippen LogP contribution in [0.3, 0.4) is 0 Å². The van der Waals surface area contributed by atoms with Crippen molar-refractivity contribution in [3.8, 4) is 0 Å². The lowest BCUT2D eigenvalue weighted by atomic mass is 10.2. The minimum atomic E-state index is 0.138. The molecule has 0 radical (unpaired) electrons. The molecule has 0 bridgehead atoms. The molecule has 0 atom stereocenters. The van der Waals surface area contributed by atoms with Crippen molar-refractivity contribution in [1.82, 2.24) is 4.40 Å². The zero-order valence-electron chi connectivity index (χ0n) is 7.92. The molecule has 13 heavy (non-hydrogen) atoms. The van der Waals surface area contributed by atoms with E-state index in [1.165, 1.54) is 0 Å². The Morgan fingerprint density at radius 1 is 1.46 bits per heavy atom. The number of hydrogen-bond acceptors (Lipinski definition) is 2. The Bertz CT molecular complexity index is 478. The van der Waals surface area contributed by atoms with Crippen molar-refractivity contribution in [2.45, 2.75) is 20.8 Å². The highest BCUT2D eigenvalue weighted by Gasteiger charge is 2.13. The zero-order valence-corrected chi connectivity index (χ0v) is 8.73. The molecule has 0 aliphatic rings. The van der Waals surface area contributed by atoms with Gasteiger partial charge in [0.15, 0.2) is 5.78 Å². The van der Waals surface area contributed by atoms with E-state index in [0.29, 0.717) is 0 Å². The van der Waals surface area contributed by atoms with Crippen LogP contribution in [0.5, 0.6) is 0 Å². The first-order valence-electron chi connectivity index (χ1n) is 4.18. The Labute approximate surface area is 80.8 Å². The SMILES string of the molecule is CC(=O)c1c(C)cc2scc(C)n12. The maximum absolute atomic E-state index is 11.4. The minimum Gasteiger partial charge on any atom is -0.301 e. The van der Waals surface area contributed by atoms with Crippen LogP contribution in [0.4, 0.5) is 0 Å². The standard InChI is InChI=1S/C10H11NOS/c1-6-4-9-11(7(2)5-13-9)10(6)8(3)12/h4-5H,1-3H3. The molecule has 2 aromatic rings. The summed E-state index contributed by atoms with van der Waals surface area (Å²) in [6.45, 7) is 5.62. The van der Waals surface area contributed by atoms with Gasteiger partial charge in [0.1, 0.15) is 4.83 Å². The minimum absolute atomic E-state index is 0.138. The molecule has 2 nitrogen and oxygen atoms in total. The van der Waals surface area contributed by atoms with E-state index >= 15 is 0 Å².